The lowest BCUT2D eigenvalue weighted by Crippen LogP contribution is -2.51. The number of ether oxygens (including phenoxy) is 1. The van der Waals surface area contributed by atoms with E-state index in [1.54, 1.807) is 35.6 Å². The van der Waals surface area contributed by atoms with Gasteiger partial charge in [0.05, 0.1) is 17.2 Å². The Morgan fingerprint density at radius 1 is 1.03 bits per heavy atom. The number of benzene rings is 1. The van der Waals surface area contributed by atoms with Gasteiger partial charge in [-0.15, -0.1) is 11.3 Å². The van der Waals surface area contributed by atoms with Gasteiger partial charge in [-0.05, 0) is 55.6 Å². The van der Waals surface area contributed by atoms with E-state index in [-0.39, 0.29) is 11.5 Å². The van der Waals surface area contributed by atoms with Crippen molar-refractivity contribution in [3.05, 3.63) is 76.7 Å². The fourth-order valence-corrected chi connectivity index (χ4v) is 5.04. The summed E-state index contributed by atoms with van der Waals surface area (Å²) in [7, 11) is 0. The van der Waals surface area contributed by atoms with Gasteiger partial charge in [0.15, 0.2) is 0 Å². The molecule has 37 heavy (non-hydrogen) atoms. The lowest BCUT2D eigenvalue weighted by atomic mass is 10.1. The second kappa shape index (κ2) is 10.9. The SMILES string of the molecule is CCOc1ccc(-c2cc(N3CCN(C(=O)C(C)n4nc(-c5cccs5)ccc4=O)CC3)ncn2)cc1. The third-order valence-electron chi connectivity index (χ3n) is 6.35. The summed E-state index contributed by atoms with van der Waals surface area (Å²) in [5, 5.41) is 6.44. The molecule has 1 atom stereocenters. The molecule has 10 heteroatoms. The van der Waals surface area contributed by atoms with Gasteiger partial charge in [-0.25, -0.2) is 14.6 Å². The molecule has 5 rings (SSSR count). The first kappa shape index (κ1) is 24.6. The highest BCUT2D eigenvalue weighted by molar-refractivity contribution is 7.13. The molecule has 1 aromatic carbocycles. The predicted octanol–water partition coefficient (Wildman–Crippen LogP) is 3.74. The third-order valence-corrected chi connectivity index (χ3v) is 7.24. The summed E-state index contributed by atoms with van der Waals surface area (Å²) in [6.07, 6.45) is 1.57. The molecule has 1 aliphatic rings. The summed E-state index contributed by atoms with van der Waals surface area (Å²) < 4.78 is 6.81. The van der Waals surface area contributed by atoms with Crippen LogP contribution in [0.1, 0.15) is 19.9 Å². The number of aromatic nitrogens is 4. The van der Waals surface area contributed by atoms with Crippen LogP contribution in [-0.2, 0) is 4.79 Å². The van der Waals surface area contributed by atoms with Gasteiger partial charge in [-0.3, -0.25) is 9.59 Å². The molecule has 1 amide bonds. The lowest BCUT2D eigenvalue weighted by molar-refractivity contribution is -0.135. The number of piperazine rings is 1. The molecule has 1 unspecified atom stereocenters. The molecule has 0 radical (unpaired) electrons. The molecule has 1 aliphatic heterocycles. The Hall–Kier alpha value is -4.05. The first-order chi connectivity index (χ1) is 18.0. The van der Waals surface area contributed by atoms with Crippen molar-refractivity contribution < 1.29 is 9.53 Å². The van der Waals surface area contributed by atoms with E-state index in [0.29, 0.717) is 38.5 Å². The van der Waals surface area contributed by atoms with Crippen molar-refractivity contribution in [2.75, 3.05) is 37.7 Å². The molecule has 0 bridgehead atoms. The number of nitrogens with zero attached hydrogens (tertiary/aromatic N) is 6. The van der Waals surface area contributed by atoms with Gasteiger partial charge >= 0.3 is 0 Å². The first-order valence-corrected chi connectivity index (χ1v) is 13.1. The number of carbonyl (C=O) groups excluding carboxylic acids is 1. The zero-order chi connectivity index (χ0) is 25.8. The minimum Gasteiger partial charge on any atom is -0.494 e. The largest absolute Gasteiger partial charge is 0.494 e. The Labute approximate surface area is 219 Å². The Morgan fingerprint density at radius 2 is 1.81 bits per heavy atom. The molecule has 0 N–H and O–H groups in total. The predicted molar refractivity (Wildman–Crippen MR) is 144 cm³/mol. The van der Waals surface area contributed by atoms with Gasteiger partial charge in [0.1, 0.15) is 29.6 Å². The normalized spacial score (nSPS) is 14.4. The second-order valence-electron chi connectivity index (χ2n) is 8.69. The third kappa shape index (κ3) is 5.39. The zero-order valence-electron chi connectivity index (χ0n) is 20.8. The van der Waals surface area contributed by atoms with Crippen molar-refractivity contribution in [3.63, 3.8) is 0 Å². The van der Waals surface area contributed by atoms with E-state index in [1.165, 1.54) is 10.7 Å². The summed E-state index contributed by atoms with van der Waals surface area (Å²) >= 11 is 1.54. The molecular formula is C27H28N6O3S. The summed E-state index contributed by atoms with van der Waals surface area (Å²) in [4.78, 5) is 39.6. The summed E-state index contributed by atoms with van der Waals surface area (Å²) in [5.74, 6) is 1.53. The molecule has 1 saturated heterocycles. The number of rotatable bonds is 7. The van der Waals surface area contributed by atoms with Crippen molar-refractivity contribution in [1.82, 2.24) is 24.6 Å². The van der Waals surface area contributed by atoms with Gasteiger partial charge in [-0.1, -0.05) is 6.07 Å². The van der Waals surface area contributed by atoms with Crippen LogP contribution in [0.3, 0.4) is 0 Å². The smallest absolute Gasteiger partial charge is 0.267 e. The van der Waals surface area contributed by atoms with Gasteiger partial charge in [0.25, 0.3) is 5.56 Å². The number of hydrogen-bond acceptors (Lipinski definition) is 8. The molecule has 1 fully saturated rings. The molecule has 4 heterocycles. The van der Waals surface area contributed by atoms with E-state index in [2.05, 4.69) is 20.0 Å². The Balaban J connectivity index is 1.25. The number of anilines is 1. The van der Waals surface area contributed by atoms with E-state index in [4.69, 9.17) is 4.74 Å². The van der Waals surface area contributed by atoms with Crippen LogP contribution in [0.5, 0.6) is 5.75 Å². The van der Waals surface area contributed by atoms with Crippen LogP contribution < -0.4 is 15.2 Å². The highest BCUT2D eigenvalue weighted by atomic mass is 32.1. The summed E-state index contributed by atoms with van der Waals surface area (Å²) in [5.41, 5.74) is 2.21. The standard InChI is InChI=1S/C27H28N6O3S/c1-3-36-21-8-6-20(7-9-21)23-17-25(29-18-28-23)31-12-14-32(15-13-31)27(35)19(2)33-26(34)11-10-22(30-33)24-5-4-16-37-24/h4-11,16-19H,3,12-15H2,1-2H3. The van der Waals surface area contributed by atoms with Crippen LogP contribution >= 0.6 is 11.3 Å². The Morgan fingerprint density at radius 3 is 2.51 bits per heavy atom. The lowest BCUT2D eigenvalue weighted by Gasteiger charge is -2.36. The quantitative estimate of drug-likeness (QED) is 0.369. The molecule has 4 aromatic rings. The van der Waals surface area contributed by atoms with Gasteiger partial charge in [0, 0.05) is 43.9 Å². The van der Waals surface area contributed by atoms with Crippen LogP contribution in [0.2, 0.25) is 0 Å². The number of thiophene rings is 1. The molecule has 0 saturated carbocycles. The summed E-state index contributed by atoms with van der Waals surface area (Å²) in [6.45, 7) is 6.65. The molecule has 0 spiro atoms. The number of hydrogen-bond donors (Lipinski definition) is 0. The van der Waals surface area contributed by atoms with Crippen molar-refractivity contribution in [2.24, 2.45) is 0 Å². The van der Waals surface area contributed by atoms with Gasteiger partial charge in [0.2, 0.25) is 5.91 Å². The van der Waals surface area contributed by atoms with Crippen molar-refractivity contribution in [1.29, 1.82) is 0 Å². The maximum Gasteiger partial charge on any atom is 0.267 e. The average molecular weight is 517 g/mol. The van der Waals surface area contributed by atoms with E-state index in [1.807, 2.05) is 54.8 Å². The van der Waals surface area contributed by atoms with Crippen molar-refractivity contribution in [2.45, 2.75) is 19.9 Å². The topological polar surface area (TPSA) is 93.5 Å². The fourth-order valence-electron chi connectivity index (χ4n) is 4.35. The Bertz CT molecular complexity index is 1410. The fraction of sp³-hybridized carbons (Fsp3) is 0.296. The van der Waals surface area contributed by atoms with E-state index >= 15 is 0 Å². The van der Waals surface area contributed by atoms with Crippen molar-refractivity contribution >= 4 is 23.1 Å². The van der Waals surface area contributed by atoms with Crippen LogP contribution in [0, 0.1) is 0 Å². The van der Waals surface area contributed by atoms with Crippen LogP contribution in [-0.4, -0.2) is 63.3 Å². The minimum atomic E-state index is -0.690. The van der Waals surface area contributed by atoms with Crippen LogP contribution in [0.4, 0.5) is 5.82 Å². The van der Waals surface area contributed by atoms with E-state index in [9.17, 15) is 9.59 Å². The molecule has 190 valence electrons. The highest BCUT2D eigenvalue weighted by Gasteiger charge is 2.28. The Kier molecular flexibility index (Phi) is 7.27. The number of carbonyl (C=O) groups is 1. The van der Waals surface area contributed by atoms with Gasteiger partial charge < -0.3 is 14.5 Å². The van der Waals surface area contributed by atoms with E-state index in [0.717, 1.165) is 27.7 Å². The number of amides is 1. The van der Waals surface area contributed by atoms with Gasteiger partial charge in [-0.2, -0.15) is 5.10 Å². The molecule has 0 aliphatic carbocycles. The summed E-state index contributed by atoms with van der Waals surface area (Å²) in [6, 6.07) is 16.2. The average Bonchev–Trinajstić information content (AvgIpc) is 3.49. The second-order valence-corrected chi connectivity index (χ2v) is 9.63. The highest BCUT2D eigenvalue weighted by Crippen LogP contribution is 2.25. The minimum absolute atomic E-state index is 0.115. The maximum absolute atomic E-state index is 13.3. The first-order valence-electron chi connectivity index (χ1n) is 12.3. The van der Waals surface area contributed by atoms with Crippen molar-refractivity contribution in [3.8, 4) is 27.6 Å². The molecular weight excluding hydrogens is 488 g/mol. The zero-order valence-corrected chi connectivity index (χ0v) is 21.6. The maximum atomic E-state index is 13.3. The molecule has 9 nitrogen and oxygen atoms in total. The van der Waals surface area contributed by atoms with Crippen LogP contribution in [0.25, 0.3) is 21.8 Å². The van der Waals surface area contributed by atoms with Crippen LogP contribution in [0.15, 0.2) is 71.1 Å². The van der Waals surface area contributed by atoms with E-state index < -0.39 is 6.04 Å². The molecule has 3 aromatic heterocycles. The monoisotopic (exact) mass is 516 g/mol.